The van der Waals surface area contributed by atoms with E-state index in [1.54, 1.807) is 26.0 Å². The average molecular weight is 210 g/mol. The van der Waals surface area contributed by atoms with Crippen LogP contribution in [0.25, 0.3) is 0 Å². The summed E-state index contributed by atoms with van der Waals surface area (Å²) in [5.74, 6) is -0.815. The number of alkyl halides is 1. The lowest BCUT2D eigenvalue weighted by atomic mass is 10.0. The predicted octanol–water partition coefficient (Wildman–Crippen LogP) is 2.88. The first kappa shape index (κ1) is 11.7. The fourth-order valence-electron chi connectivity index (χ4n) is 1.45. The Hall–Kier alpha value is -1.38. The smallest absolute Gasteiger partial charge is 0.345 e. The first-order valence-electron chi connectivity index (χ1n) is 4.94. The van der Waals surface area contributed by atoms with Crippen LogP contribution < -0.4 is 0 Å². The minimum Gasteiger partial charge on any atom is -0.464 e. The van der Waals surface area contributed by atoms with Gasteiger partial charge in [-0.05, 0) is 26.3 Å². The van der Waals surface area contributed by atoms with Gasteiger partial charge in [0.1, 0.15) is 0 Å². The van der Waals surface area contributed by atoms with Crippen molar-refractivity contribution in [2.75, 3.05) is 6.61 Å². The Bertz CT molecular complexity index is 361. The lowest BCUT2D eigenvalue weighted by Crippen LogP contribution is -2.12. The number of benzene rings is 1. The number of halogens is 1. The van der Waals surface area contributed by atoms with Gasteiger partial charge in [0.2, 0.25) is 6.17 Å². The highest BCUT2D eigenvalue weighted by Gasteiger charge is 2.22. The number of ether oxygens (including phenoxy) is 1. The Morgan fingerprint density at radius 1 is 1.47 bits per heavy atom. The number of aryl methyl sites for hydroxylation is 2. The van der Waals surface area contributed by atoms with Crippen molar-refractivity contribution >= 4 is 5.97 Å². The molecule has 0 aliphatic heterocycles. The van der Waals surface area contributed by atoms with E-state index < -0.39 is 12.1 Å². The molecule has 1 atom stereocenters. The van der Waals surface area contributed by atoms with Crippen LogP contribution in [0.3, 0.4) is 0 Å². The summed E-state index contributed by atoms with van der Waals surface area (Å²) in [6, 6.07) is 5.27. The molecule has 0 bridgehead atoms. The minimum atomic E-state index is -1.68. The lowest BCUT2D eigenvalue weighted by Gasteiger charge is -2.10. The van der Waals surface area contributed by atoms with E-state index in [9.17, 15) is 9.18 Å². The third kappa shape index (κ3) is 2.78. The molecule has 2 nitrogen and oxygen atoms in total. The highest BCUT2D eigenvalue weighted by Crippen LogP contribution is 2.23. The molecule has 1 aromatic carbocycles. The van der Waals surface area contributed by atoms with Crippen molar-refractivity contribution in [2.45, 2.75) is 26.9 Å². The van der Waals surface area contributed by atoms with Crippen LogP contribution in [-0.4, -0.2) is 12.6 Å². The van der Waals surface area contributed by atoms with Gasteiger partial charge in [-0.15, -0.1) is 0 Å². The zero-order valence-corrected chi connectivity index (χ0v) is 9.21. The molecule has 82 valence electrons. The Morgan fingerprint density at radius 2 is 2.13 bits per heavy atom. The van der Waals surface area contributed by atoms with E-state index in [0.717, 1.165) is 11.1 Å². The largest absolute Gasteiger partial charge is 0.464 e. The maximum atomic E-state index is 13.6. The molecule has 0 saturated carbocycles. The molecule has 0 spiro atoms. The van der Waals surface area contributed by atoms with Crippen molar-refractivity contribution in [2.24, 2.45) is 0 Å². The molecule has 0 heterocycles. The van der Waals surface area contributed by atoms with E-state index in [1.807, 2.05) is 13.0 Å². The monoisotopic (exact) mass is 210 g/mol. The van der Waals surface area contributed by atoms with E-state index in [2.05, 4.69) is 4.74 Å². The van der Waals surface area contributed by atoms with Gasteiger partial charge in [0, 0.05) is 5.56 Å². The highest BCUT2D eigenvalue weighted by molar-refractivity contribution is 5.76. The highest BCUT2D eigenvalue weighted by atomic mass is 19.1. The van der Waals surface area contributed by atoms with Gasteiger partial charge in [-0.2, -0.15) is 0 Å². The summed E-state index contributed by atoms with van der Waals surface area (Å²) < 4.78 is 18.3. The summed E-state index contributed by atoms with van der Waals surface area (Å²) in [4.78, 5) is 11.2. The summed E-state index contributed by atoms with van der Waals surface area (Å²) in [6.45, 7) is 5.57. The molecule has 0 aromatic heterocycles. The standard InChI is InChI=1S/C12H15FO2/c1-4-15-12(14)11(13)10-6-5-8(2)7-9(10)3/h5-7,11H,4H2,1-3H3. The number of hydrogen-bond donors (Lipinski definition) is 0. The Morgan fingerprint density at radius 3 is 2.67 bits per heavy atom. The fourth-order valence-corrected chi connectivity index (χ4v) is 1.45. The number of esters is 1. The average Bonchev–Trinajstić information content (AvgIpc) is 2.17. The van der Waals surface area contributed by atoms with Gasteiger partial charge < -0.3 is 4.74 Å². The van der Waals surface area contributed by atoms with E-state index in [-0.39, 0.29) is 6.61 Å². The molecular formula is C12H15FO2. The van der Waals surface area contributed by atoms with Crippen molar-refractivity contribution in [3.63, 3.8) is 0 Å². The van der Waals surface area contributed by atoms with Gasteiger partial charge in [-0.3, -0.25) is 0 Å². The van der Waals surface area contributed by atoms with Gasteiger partial charge in [-0.1, -0.05) is 23.8 Å². The molecule has 0 fully saturated rings. The molecule has 0 radical (unpaired) electrons. The zero-order chi connectivity index (χ0) is 11.4. The molecule has 0 aliphatic rings. The van der Waals surface area contributed by atoms with Crippen molar-refractivity contribution in [1.29, 1.82) is 0 Å². The molecule has 1 unspecified atom stereocenters. The summed E-state index contributed by atoms with van der Waals surface area (Å²) >= 11 is 0. The molecule has 1 rings (SSSR count). The maximum Gasteiger partial charge on any atom is 0.345 e. The summed E-state index contributed by atoms with van der Waals surface area (Å²) in [6.07, 6.45) is -1.68. The van der Waals surface area contributed by atoms with Crippen molar-refractivity contribution < 1.29 is 13.9 Å². The van der Waals surface area contributed by atoms with Gasteiger partial charge in [-0.25, -0.2) is 9.18 Å². The fraction of sp³-hybridized carbons (Fsp3) is 0.417. The van der Waals surface area contributed by atoms with Crippen LogP contribution in [0, 0.1) is 13.8 Å². The molecule has 15 heavy (non-hydrogen) atoms. The van der Waals surface area contributed by atoms with E-state index >= 15 is 0 Å². The summed E-state index contributed by atoms with van der Waals surface area (Å²) in [7, 11) is 0. The van der Waals surface area contributed by atoms with Gasteiger partial charge >= 0.3 is 5.97 Å². The van der Waals surface area contributed by atoms with Crippen molar-refractivity contribution in [3.05, 3.63) is 34.9 Å². The molecule has 0 N–H and O–H groups in total. The van der Waals surface area contributed by atoms with Gasteiger partial charge in [0.25, 0.3) is 0 Å². The van der Waals surface area contributed by atoms with Crippen LogP contribution in [-0.2, 0) is 9.53 Å². The third-order valence-electron chi connectivity index (χ3n) is 2.19. The topological polar surface area (TPSA) is 26.3 Å². The molecule has 3 heteroatoms. The van der Waals surface area contributed by atoms with Crippen LogP contribution in [0.1, 0.15) is 29.8 Å². The number of rotatable bonds is 3. The molecular weight excluding hydrogens is 195 g/mol. The Kier molecular flexibility index (Phi) is 3.83. The molecule has 1 aromatic rings. The lowest BCUT2D eigenvalue weighted by molar-refractivity contribution is -0.149. The Labute approximate surface area is 89.1 Å². The molecule has 0 saturated heterocycles. The predicted molar refractivity (Wildman–Crippen MR) is 56.4 cm³/mol. The van der Waals surface area contributed by atoms with Crippen LogP contribution >= 0.6 is 0 Å². The van der Waals surface area contributed by atoms with Crippen LogP contribution in [0.2, 0.25) is 0 Å². The van der Waals surface area contributed by atoms with E-state index in [0.29, 0.717) is 5.56 Å². The summed E-state index contributed by atoms with van der Waals surface area (Å²) in [5.41, 5.74) is 2.21. The second-order valence-corrected chi connectivity index (χ2v) is 3.47. The number of carbonyl (C=O) groups is 1. The molecule has 0 amide bonds. The van der Waals surface area contributed by atoms with Crippen molar-refractivity contribution in [1.82, 2.24) is 0 Å². The normalized spacial score (nSPS) is 12.3. The second kappa shape index (κ2) is 4.91. The minimum absolute atomic E-state index is 0.199. The summed E-state index contributed by atoms with van der Waals surface area (Å²) in [5, 5.41) is 0. The van der Waals surface area contributed by atoms with E-state index in [1.165, 1.54) is 0 Å². The Balaban J connectivity index is 2.91. The SMILES string of the molecule is CCOC(=O)C(F)c1ccc(C)cc1C. The van der Waals surface area contributed by atoms with E-state index in [4.69, 9.17) is 0 Å². The number of hydrogen-bond acceptors (Lipinski definition) is 2. The maximum absolute atomic E-state index is 13.6. The van der Waals surface area contributed by atoms with Crippen LogP contribution in [0.5, 0.6) is 0 Å². The van der Waals surface area contributed by atoms with Crippen LogP contribution in [0.4, 0.5) is 4.39 Å². The first-order valence-corrected chi connectivity index (χ1v) is 4.94. The first-order chi connectivity index (χ1) is 7.06. The van der Waals surface area contributed by atoms with Gasteiger partial charge in [0.05, 0.1) is 6.61 Å². The number of carbonyl (C=O) groups excluding carboxylic acids is 1. The third-order valence-corrected chi connectivity index (χ3v) is 2.19. The van der Waals surface area contributed by atoms with Crippen molar-refractivity contribution in [3.8, 4) is 0 Å². The quantitative estimate of drug-likeness (QED) is 0.717. The molecule has 0 aliphatic carbocycles. The van der Waals surface area contributed by atoms with Gasteiger partial charge in [0.15, 0.2) is 0 Å². The van der Waals surface area contributed by atoms with Crippen LogP contribution in [0.15, 0.2) is 18.2 Å². The zero-order valence-electron chi connectivity index (χ0n) is 9.21. The second-order valence-electron chi connectivity index (χ2n) is 3.47.